The van der Waals surface area contributed by atoms with Crippen molar-refractivity contribution in [2.45, 2.75) is 19.5 Å². The first kappa shape index (κ1) is 11.9. The summed E-state index contributed by atoms with van der Waals surface area (Å²) >= 11 is 0. The van der Waals surface area contributed by atoms with Crippen LogP contribution in [-0.2, 0) is 6.54 Å². The van der Waals surface area contributed by atoms with E-state index in [2.05, 4.69) is 16.8 Å². The van der Waals surface area contributed by atoms with E-state index in [1.54, 1.807) is 7.11 Å². The van der Waals surface area contributed by atoms with Crippen LogP contribution in [0.2, 0.25) is 0 Å². The van der Waals surface area contributed by atoms with Crippen LogP contribution in [0.3, 0.4) is 0 Å². The van der Waals surface area contributed by atoms with Gasteiger partial charge < -0.3 is 10.5 Å². The number of nitrogens with two attached hydrogens (primary N) is 1. The molecule has 15 heavy (non-hydrogen) atoms. The van der Waals surface area contributed by atoms with Gasteiger partial charge in [-0.05, 0) is 20.0 Å². The monoisotopic (exact) mass is 209 g/mol. The smallest absolute Gasteiger partial charge is 0.213 e. The fourth-order valence-electron chi connectivity index (χ4n) is 1.25. The fraction of sp³-hybridized carbons (Fsp3) is 0.545. The van der Waals surface area contributed by atoms with Crippen molar-refractivity contribution >= 4 is 0 Å². The zero-order valence-corrected chi connectivity index (χ0v) is 9.60. The summed E-state index contributed by atoms with van der Waals surface area (Å²) < 4.78 is 5.07. The van der Waals surface area contributed by atoms with E-state index in [0.717, 1.165) is 12.2 Å². The average molecular weight is 209 g/mol. The molecule has 0 aromatic carbocycles. The topological polar surface area (TPSA) is 51.4 Å². The molecule has 0 radical (unpaired) electrons. The predicted molar refractivity (Wildman–Crippen MR) is 60.8 cm³/mol. The molecule has 0 saturated heterocycles. The van der Waals surface area contributed by atoms with Crippen LogP contribution in [0, 0.1) is 0 Å². The lowest BCUT2D eigenvalue weighted by Crippen LogP contribution is -2.34. The molecule has 0 aliphatic carbocycles. The Bertz CT molecular complexity index is 304. The van der Waals surface area contributed by atoms with E-state index in [9.17, 15) is 0 Å². The molecule has 0 bridgehead atoms. The van der Waals surface area contributed by atoms with Crippen LogP contribution in [0.15, 0.2) is 18.2 Å². The quantitative estimate of drug-likeness (QED) is 0.781. The third-order valence-corrected chi connectivity index (χ3v) is 2.50. The van der Waals surface area contributed by atoms with Gasteiger partial charge in [0.2, 0.25) is 5.88 Å². The van der Waals surface area contributed by atoms with Gasteiger partial charge in [-0.2, -0.15) is 0 Å². The Morgan fingerprint density at radius 2 is 2.27 bits per heavy atom. The molecule has 0 spiro atoms. The van der Waals surface area contributed by atoms with Crippen LogP contribution < -0.4 is 10.5 Å². The summed E-state index contributed by atoms with van der Waals surface area (Å²) in [7, 11) is 3.66. The van der Waals surface area contributed by atoms with E-state index in [1.807, 2.05) is 25.2 Å². The number of hydrogen-bond acceptors (Lipinski definition) is 4. The third-order valence-electron chi connectivity index (χ3n) is 2.50. The Morgan fingerprint density at radius 1 is 1.53 bits per heavy atom. The minimum absolute atomic E-state index is 0.359. The van der Waals surface area contributed by atoms with Crippen molar-refractivity contribution in [3.8, 4) is 5.88 Å². The molecule has 1 aromatic rings. The van der Waals surface area contributed by atoms with Gasteiger partial charge in [0.25, 0.3) is 0 Å². The van der Waals surface area contributed by atoms with Crippen molar-refractivity contribution in [3.63, 3.8) is 0 Å². The van der Waals surface area contributed by atoms with Crippen LogP contribution in [0.4, 0.5) is 0 Å². The van der Waals surface area contributed by atoms with Gasteiger partial charge >= 0.3 is 0 Å². The second-order valence-electron chi connectivity index (χ2n) is 3.67. The zero-order chi connectivity index (χ0) is 11.3. The highest BCUT2D eigenvalue weighted by Gasteiger charge is 2.08. The molecule has 1 unspecified atom stereocenters. The Labute approximate surface area is 91.1 Å². The van der Waals surface area contributed by atoms with E-state index in [1.165, 1.54) is 0 Å². The molecule has 0 amide bonds. The van der Waals surface area contributed by atoms with Crippen molar-refractivity contribution in [2.24, 2.45) is 5.73 Å². The summed E-state index contributed by atoms with van der Waals surface area (Å²) in [6.07, 6.45) is 0. The van der Waals surface area contributed by atoms with E-state index >= 15 is 0 Å². The molecule has 2 N–H and O–H groups in total. The molecule has 0 saturated carbocycles. The fourth-order valence-corrected chi connectivity index (χ4v) is 1.25. The molecule has 1 atom stereocenters. The molecule has 4 nitrogen and oxygen atoms in total. The average Bonchev–Trinajstić information content (AvgIpc) is 2.28. The predicted octanol–water partition coefficient (Wildman–Crippen LogP) is 0.869. The second kappa shape index (κ2) is 5.68. The highest BCUT2D eigenvalue weighted by molar-refractivity contribution is 5.15. The maximum absolute atomic E-state index is 5.60. The molecular weight excluding hydrogens is 190 g/mol. The lowest BCUT2D eigenvalue weighted by Gasteiger charge is -2.22. The summed E-state index contributed by atoms with van der Waals surface area (Å²) in [5, 5.41) is 0. The number of hydrogen-bond donors (Lipinski definition) is 1. The van der Waals surface area contributed by atoms with Gasteiger partial charge in [-0.3, -0.25) is 4.90 Å². The molecule has 4 heteroatoms. The number of nitrogens with zero attached hydrogens (tertiary/aromatic N) is 2. The van der Waals surface area contributed by atoms with Crippen molar-refractivity contribution in [1.29, 1.82) is 0 Å². The maximum Gasteiger partial charge on any atom is 0.213 e. The SMILES string of the molecule is COc1cccc(CN(C)C(C)CN)n1. The molecule has 1 aromatic heterocycles. The van der Waals surface area contributed by atoms with Gasteiger partial charge in [0.05, 0.1) is 12.8 Å². The maximum atomic E-state index is 5.60. The van der Waals surface area contributed by atoms with Gasteiger partial charge in [-0.1, -0.05) is 6.07 Å². The van der Waals surface area contributed by atoms with Crippen molar-refractivity contribution in [1.82, 2.24) is 9.88 Å². The molecule has 0 fully saturated rings. The number of rotatable bonds is 5. The minimum Gasteiger partial charge on any atom is -0.481 e. The first-order valence-corrected chi connectivity index (χ1v) is 5.07. The molecule has 84 valence electrons. The molecule has 1 heterocycles. The van der Waals surface area contributed by atoms with Gasteiger partial charge in [0, 0.05) is 25.2 Å². The van der Waals surface area contributed by atoms with E-state index in [0.29, 0.717) is 18.5 Å². The van der Waals surface area contributed by atoms with Crippen LogP contribution in [0.25, 0.3) is 0 Å². The van der Waals surface area contributed by atoms with Crippen LogP contribution in [-0.4, -0.2) is 36.6 Å². The molecular formula is C11H19N3O. The van der Waals surface area contributed by atoms with Gasteiger partial charge in [0.1, 0.15) is 0 Å². The number of ether oxygens (including phenoxy) is 1. The zero-order valence-electron chi connectivity index (χ0n) is 9.60. The summed E-state index contributed by atoms with van der Waals surface area (Å²) in [5.74, 6) is 0.654. The van der Waals surface area contributed by atoms with Crippen LogP contribution >= 0.6 is 0 Å². The van der Waals surface area contributed by atoms with Gasteiger partial charge in [-0.25, -0.2) is 4.98 Å². The minimum atomic E-state index is 0.359. The number of aromatic nitrogens is 1. The highest BCUT2D eigenvalue weighted by atomic mass is 16.5. The Morgan fingerprint density at radius 3 is 2.87 bits per heavy atom. The first-order chi connectivity index (χ1) is 7.17. The Hall–Kier alpha value is -1.13. The lowest BCUT2D eigenvalue weighted by molar-refractivity contribution is 0.251. The van der Waals surface area contributed by atoms with Crippen molar-refractivity contribution < 1.29 is 4.74 Å². The lowest BCUT2D eigenvalue weighted by atomic mass is 10.2. The van der Waals surface area contributed by atoms with Crippen LogP contribution in [0.1, 0.15) is 12.6 Å². The largest absolute Gasteiger partial charge is 0.481 e. The number of methoxy groups -OCH3 is 1. The summed E-state index contributed by atoms with van der Waals surface area (Å²) in [5.41, 5.74) is 6.59. The summed E-state index contributed by atoms with van der Waals surface area (Å²) in [6, 6.07) is 6.14. The Balaban J connectivity index is 2.63. The van der Waals surface area contributed by atoms with Crippen molar-refractivity contribution in [3.05, 3.63) is 23.9 Å². The van der Waals surface area contributed by atoms with E-state index in [-0.39, 0.29) is 0 Å². The number of pyridine rings is 1. The first-order valence-electron chi connectivity index (χ1n) is 5.07. The number of likely N-dealkylation sites (N-methyl/N-ethyl adjacent to an activating group) is 1. The second-order valence-corrected chi connectivity index (χ2v) is 3.67. The van der Waals surface area contributed by atoms with Gasteiger partial charge in [-0.15, -0.1) is 0 Å². The van der Waals surface area contributed by atoms with Crippen LogP contribution in [0.5, 0.6) is 5.88 Å². The van der Waals surface area contributed by atoms with E-state index in [4.69, 9.17) is 10.5 Å². The molecule has 0 aliphatic heterocycles. The Kier molecular flexibility index (Phi) is 4.52. The molecule has 1 rings (SSSR count). The third kappa shape index (κ3) is 3.49. The standard InChI is InChI=1S/C11H19N3O/c1-9(7-12)14(2)8-10-5-4-6-11(13-10)15-3/h4-6,9H,7-8,12H2,1-3H3. The summed E-state index contributed by atoms with van der Waals surface area (Å²) in [4.78, 5) is 6.51. The summed E-state index contributed by atoms with van der Waals surface area (Å²) in [6.45, 7) is 3.54. The highest BCUT2D eigenvalue weighted by Crippen LogP contribution is 2.09. The normalized spacial score (nSPS) is 12.9. The van der Waals surface area contributed by atoms with Crippen molar-refractivity contribution in [2.75, 3.05) is 20.7 Å². The molecule has 0 aliphatic rings. The van der Waals surface area contributed by atoms with E-state index < -0.39 is 0 Å². The van der Waals surface area contributed by atoms with Gasteiger partial charge in [0.15, 0.2) is 0 Å².